The summed E-state index contributed by atoms with van der Waals surface area (Å²) in [5.41, 5.74) is 0.527. The van der Waals surface area contributed by atoms with Crippen molar-refractivity contribution >= 4 is 21.6 Å². The van der Waals surface area contributed by atoms with Gasteiger partial charge in [0, 0.05) is 32.7 Å². The number of rotatable bonds is 3. The molecule has 126 valence electrons. The highest BCUT2D eigenvalue weighted by Crippen LogP contribution is 2.34. The van der Waals surface area contributed by atoms with E-state index in [4.69, 9.17) is 4.74 Å². The Hall–Kier alpha value is -1.64. The van der Waals surface area contributed by atoms with Crippen LogP contribution in [0.5, 0.6) is 5.75 Å². The van der Waals surface area contributed by atoms with Crippen molar-refractivity contribution in [1.82, 2.24) is 9.21 Å². The average molecular weight is 339 g/mol. The predicted molar refractivity (Wildman–Crippen MR) is 86.2 cm³/mol. The van der Waals surface area contributed by atoms with Gasteiger partial charge in [-0.1, -0.05) is 0 Å². The van der Waals surface area contributed by atoms with Crippen LogP contribution in [0.2, 0.25) is 0 Å². The third-order valence-corrected chi connectivity index (χ3v) is 6.18. The molecule has 1 saturated heterocycles. The van der Waals surface area contributed by atoms with Gasteiger partial charge in [-0.3, -0.25) is 4.79 Å². The average Bonchev–Trinajstić information content (AvgIpc) is 2.54. The smallest absolute Gasteiger partial charge is 0.265 e. The number of carbonyl (C=O) groups is 1. The maximum atomic E-state index is 12.8. The molecule has 0 atom stereocenters. The van der Waals surface area contributed by atoms with Crippen molar-refractivity contribution in [2.45, 2.75) is 11.8 Å². The van der Waals surface area contributed by atoms with Gasteiger partial charge < -0.3 is 14.5 Å². The van der Waals surface area contributed by atoms with E-state index in [9.17, 15) is 13.2 Å². The fourth-order valence-corrected chi connectivity index (χ4v) is 4.31. The number of likely N-dealkylation sites (N-methyl/N-ethyl adjacent to an activating group) is 2. The van der Waals surface area contributed by atoms with Gasteiger partial charge in [0.25, 0.3) is 5.91 Å². The van der Waals surface area contributed by atoms with Crippen LogP contribution in [0.4, 0.5) is 5.69 Å². The van der Waals surface area contributed by atoms with Gasteiger partial charge in [-0.15, -0.1) is 0 Å². The van der Waals surface area contributed by atoms with Gasteiger partial charge in [0.05, 0.1) is 10.6 Å². The Morgan fingerprint density at radius 3 is 2.52 bits per heavy atom. The number of amides is 1. The highest BCUT2D eigenvalue weighted by molar-refractivity contribution is 7.89. The van der Waals surface area contributed by atoms with E-state index in [1.165, 1.54) is 4.31 Å². The number of carbonyl (C=O) groups excluding carboxylic acids is 1. The van der Waals surface area contributed by atoms with Crippen LogP contribution in [-0.2, 0) is 14.8 Å². The third kappa shape index (κ3) is 2.93. The highest BCUT2D eigenvalue weighted by atomic mass is 32.2. The second-order valence-corrected chi connectivity index (χ2v) is 7.70. The van der Waals surface area contributed by atoms with Crippen LogP contribution in [0, 0.1) is 0 Å². The Kier molecular flexibility index (Phi) is 4.31. The first kappa shape index (κ1) is 16.2. The van der Waals surface area contributed by atoms with Gasteiger partial charge in [0.15, 0.2) is 6.61 Å². The molecular formula is C15H21N3O4S. The lowest BCUT2D eigenvalue weighted by atomic mass is 10.2. The van der Waals surface area contributed by atoms with E-state index < -0.39 is 10.0 Å². The Morgan fingerprint density at radius 2 is 1.87 bits per heavy atom. The molecule has 1 aromatic rings. The standard InChI is InChI=1S/C15H21N3O4S/c1-3-18-13-10-12(4-5-14(13)22-11-15(18)19)23(20,21)17-8-6-16(2)7-9-17/h4-5,10H,3,6-9,11H2,1-2H3. The molecule has 2 aliphatic heterocycles. The van der Waals surface area contributed by atoms with Crippen molar-refractivity contribution in [2.75, 3.05) is 51.3 Å². The molecule has 0 aromatic heterocycles. The largest absolute Gasteiger partial charge is 0.482 e. The van der Waals surface area contributed by atoms with E-state index in [1.807, 2.05) is 14.0 Å². The van der Waals surface area contributed by atoms with Gasteiger partial charge >= 0.3 is 0 Å². The van der Waals surface area contributed by atoms with E-state index >= 15 is 0 Å². The third-order valence-electron chi connectivity index (χ3n) is 4.29. The molecule has 0 N–H and O–H groups in total. The number of fused-ring (bicyclic) bond motifs is 1. The first-order valence-corrected chi connectivity index (χ1v) is 9.13. The number of hydrogen-bond donors (Lipinski definition) is 0. The molecule has 2 aliphatic rings. The summed E-state index contributed by atoms with van der Waals surface area (Å²) in [5.74, 6) is 0.387. The summed E-state index contributed by atoms with van der Waals surface area (Å²) in [4.78, 5) is 15.8. The fraction of sp³-hybridized carbons (Fsp3) is 0.533. The first-order chi connectivity index (χ1) is 10.9. The molecular weight excluding hydrogens is 318 g/mol. The van der Waals surface area contributed by atoms with Crippen LogP contribution >= 0.6 is 0 Å². The van der Waals surface area contributed by atoms with Gasteiger partial charge in [-0.2, -0.15) is 4.31 Å². The van der Waals surface area contributed by atoms with Crippen molar-refractivity contribution in [2.24, 2.45) is 0 Å². The molecule has 0 radical (unpaired) electrons. The number of sulfonamides is 1. The van der Waals surface area contributed by atoms with Crippen molar-refractivity contribution in [3.05, 3.63) is 18.2 Å². The predicted octanol–water partition coefficient (Wildman–Crippen LogP) is 0.368. The zero-order valence-electron chi connectivity index (χ0n) is 13.4. The van der Waals surface area contributed by atoms with Crippen molar-refractivity contribution in [3.63, 3.8) is 0 Å². The maximum Gasteiger partial charge on any atom is 0.265 e. The molecule has 0 bridgehead atoms. The number of piperazine rings is 1. The van der Waals surface area contributed by atoms with E-state index in [2.05, 4.69) is 4.90 Å². The second-order valence-electron chi connectivity index (χ2n) is 5.76. The van der Waals surface area contributed by atoms with Crippen LogP contribution in [0.15, 0.2) is 23.1 Å². The highest BCUT2D eigenvalue weighted by Gasteiger charge is 2.30. The molecule has 23 heavy (non-hydrogen) atoms. The summed E-state index contributed by atoms with van der Waals surface area (Å²) in [6.45, 7) is 4.71. The summed E-state index contributed by atoms with van der Waals surface area (Å²) < 4.78 is 32.5. The maximum absolute atomic E-state index is 12.8. The molecule has 0 aliphatic carbocycles. The second kappa shape index (κ2) is 6.10. The Labute approximate surface area is 136 Å². The first-order valence-electron chi connectivity index (χ1n) is 7.69. The van der Waals surface area contributed by atoms with Crippen LogP contribution in [0.3, 0.4) is 0 Å². The van der Waals surface area contributed by atoms with Gasteiger partial charge in [0.1, 0.15) is 5.75 Å². The topological polar surface area (TPSA) is 70.2 Å². The minimum absolute atomic E-state index is 0.00854. The SMILES string of the molecule is CCN1C(=O)COc2ccc(S(=O)(=O)N3CCN(C)CC3)cc21. The summed E-state index contributed by atoms with van der Waals surface area (Å²) >= 11 is 0. The van der Waals surface area contributed by atoms with Gasteiger partial charge in [-0.25, -0.2) is 8.42 Å². The zero-order valence-corrected chi connectivity index (χ0v) is 14.2. The fourth-order valence-electron chi connectivity index (χ4n) is 2.87. The summed E-state index contributed by atoms with van der Waals surface area (Å²) in [6.07, 6.45) is 0. The number of ether oxygens (including phenoxy) is 1. The normalized spacial score (nSPS) is 20.3. The van der Waals surface area contributed by atoms with Gasteiger partial charge in [-0.05, 0) is 32.2 Å². The number of nitrogens with zero attached hydrogens (tertiary/aromatic N) is 3. The van der Waals surface area contributed by atoms with Crippen molar-refractivity contribution in [1.29, 1.82) is 0 Å². The molecule has 2 heterocycles. The lowest BCUT2D eigenvalue weighted by Crippen LogP contribution is -2.47. The van der Waals surface area contributed by atoms with Crippen LogP contribution in [-0.4, -0.2) is 69.9 Å². The van der Waals surface area contributed by atoms with Crippen molar-refractivity contribution < 1.29 is 17.9 Å². The quantitative estimate of drug-likeness (QED) is 0.796. The number of benzene rings is 1. The van der Waals surface area contributed by atoms with Crippen LogP contribution in [0.1, 0.15) is 6.92 Å². The van der Waals surface area contributed by atoms with E-state index in [0.29, 0.717) is 44.2 Å². The van der Waals surface area contributed by atoms with E-state index in [0.717, 1.165) is 0 Å². The monoisotopic (exact) mass is 339 g/mol. The molecule has 1 aromatic carbocycles. The van der Waals surface area contributed by atoms with Gasteiger partial charge in [0.2, 0.25) is 10.0 Å². The molecule has 7 nitrogen and oxygen atoms in total. The Bertz CT molecular complexity index is 711. The Morgan fingerprint density at radius 1 is 1.17 bits per heavy atom. The summed E-state index contributed by atoms with van der Waals surface area (Å²) in [7, 11) is -1.58. The molecule has 0 saturated carbocycles. The molecule has 1 fully saturated rings. The van der Waals surface area contributed by atoms with Crippen molar-refractivity contribution in [3.8, 4) is 5.75 Å². The summed E-state index contributed by atoms with van der Waals surface area (Å²) in [5, 5.41) is 0. The number of hydrogen-bond acceptors (Lipinski definition) is 5. The lowest BCUT2D eigenvalue weighted by molar-refractivity contribution is -0.121. The van der Waals surface area contributed by atoms with E-state index in [-0.39, 0.29) is 17.4 Å². The lowest BCUT2D eigenvalue weighted by Gasteiger charge is -2.32. The molecule has 3 rings (SSSR count). The van der Waals surface area contributed by atoms with Crippen LogP contribution in [0.25, 0.3) is 0 Å². The summed E-state index contributed by atoms with van der Waals surface area (Å²) in [6, 6.07) is 4.73. The molecule has 8 heteroatoms. The Balaban J connectivity index is 1.95. The molecule has 0 spiro atoms. The molecule has 0 unspecified atom stereocenters. The van der Waals surface area contributed by atoms with Crippen LogP contribution < -0.4 is 9.64 Å². The minimum atomic E-state index is -3.55. The minimum Gasteiger partial charge on any atom is -0.482 e. The number of anilines is 1. The van der Waals surface area contributed by atoms with E-state index in [1.54, 1.807) is 23.1 Å². The molecule has 1 amide bonds. The zero-order chi connectivity index (χ0) is 16.6.